The van der Waals surface area contributed by atoms with Crippen LogP contribution in [0.2, 0.25) is 5.02 Å². The first-order valence-electron chi connectivity index (χ1n) is 11.3. The van der Waals surface area contributed by atoms with Gasteiger partial charge in [-0.1, -0.05) is 54.1 Å². The summed E-state index contributed by atoms with van der Waals surface area (Å²) >= 11 is 6.22. The van der Waals surface area contributed by atoms with Crippen molar-refractivity contribution in [2.24, 2.45) is 5.92 Å². The molecule has 8 heteroatoms. The minimum absolute atomic E-state index is 0.0498. The first-order valence-corrected chi connectivity index (χ1v) is 11.7. The van der Waals surface area contributed by atoms with Gasteiger partial charge in [-0.25, -0.2) is 4.98 Å². The van der Waals surface area contributed by atoms with E-state index in [1.54, 1.807) is 12.1 Å². The van der Waals surface area contributed by atoms with Crippen LogP contribution in [0.15, 0.2) is 60.7 Å². The number of pyridine rings is 1. The normalized spacial score (nSPS) is 28.8. The minimum Gasteiger partial charge on any atom is -0.481 e. The molecule has 5 rings (SSSR count). The van der Waals surface area contributed by atoms with Crippen molar-refractivity contribution in [3.8, 4) is 17.7 Å². The van der Waals surface area contributed by atoms with E-state index in [9.17, 15) is 15.5 Å². The summed E-state index contributed by atoms with van der Waals surface area (Å²) in [6.07, 6.45) is -1.24. The maximum absolute atomic E-state index is 12.7. The van der Waals surface area contributed by atoms with Gasteiger partial charge in [0.1, 0.15) is 17.5 Å². The van der Waals surface area contributed by atoms with Gasteiger partial charge in [-0.2, -0.15) is 5.26 Å². The van der Waals surface area contributed by atoms with Gasteiger partial charge in [0.05, 0.1) is 18.8 Å². The van der Waals surface area contributed by atoms with Crippen LogP contribution in [-0.4, -0.2) is 54.0 Å². The second-order valence-corrected chi connectivity index (χ2v) is 9.81. The lowest BCUT2D eigenvalue weighted by atomic mass is 9.71. The number of nitrogens with zero attached hydrogens (tertiary/aromatic N) is 3. The van der Waals surface area contributed by atoms with Gasteiger partial charge < -0.3 is 24.6 Å². The Morgan fingerprint density at radius 1 is 1.17 bits per heavy atom. The summed E-state index contributed by atoms with van der Waals surface area (Å²) in [5.41, 5.74) is -1.48. The summed E-state index contributed by atoms with van der Waals surface area (Å²) in [6, 6.07) is 20.3. The van der Waals surface area contributed by atoms with Crippen molar-refractivity contribution in [3.63, 3.8) is 0 Å². The molecule has 0 bridgehead atoms. The molecule has 1 aliphatic carbocycles. The lowest BCUT2D eigenvalue weighted by Gasteiger charge is -2.41. The van der Waals surface area contributed by atoms with E-state index in [-0.39, 0.29) is 22.9 Å². The predicted molar refractivity (Wildman–Crippen MR) is 130 cm³/mol. The highest BCUT2D eigenvalue weighted by Gasteiger charge is 2.76. The van der Waals surface area contributed by atoms with Crippen molar-refractivity contribution in [1.82, 2.24) is 9.88 Å². The van der Waals surface area contributed by atoms with Gasteiger partial charge in [-0.05, 0) is 37.4 Å². The van der Waals surface area contributed by atoms with E-state index in [1.807, 2.05) is 67.5 Å². The highest BCUT2D eigenvalue weighted by Crippen LogP contribution is 2.69. The van der Waals surface area contributed by atoms with Gasteiger partial charge >= 0.3 is 0 Å². The van der Waals surface area contributed by atoms with Gasteiger partial charge in [0.25, 0.3) is 0 Å². The number of hydrogen-bond donors (Lipinski definition) is 2. The van der Waals surface area contributed by atoms with Gasteiger partial charge in [0, 0.05) is 29.5 Å². The molecule has 1 aliphatic heterocycles. The van der Waals surface area contributed by atoms with Gasteiger partial charge in [-0.15, -0.1) is 0 Å². The van der Waals surface area contributed by atoms with Crippen LogP contribution in [0.4, 0.5) is 0 Å². The molecule has 2 aliphatic rings. The number of fused-ring (bicyclic) bond motifs is 3. The van der Waals surface area contributed by atoms with E-state index < -0.39 is 29.1 Å². The second-order valence-electron chi connectivity index (χ2n) is 9.37. The summed E-state index contributed by atoms with van der Waals surface area (Å²) in [6.45, 7) is 0.489. The number of benzene rings is 2. The molecule has 1 aromatic heterocycles. The first kappa shape index (κ1) is 23.6. The third kappa shape index (κ3) is 3.25. The average Bonchev–Trinajstić information content (AvgIpc) is 3.22. The molecule has 1 saturated carbocycles. The number of ether oxygens (including phenoxy) is 2. The Balaban J connectivity index is 1.87. The molecular formula is C27H26ClN3O4. The smallest absolute Gasteiger partial charge is 0.224 e. The molecule has 0 saturated heterocycles. The summed E-state index contributed by atoms with van der Waals surface area (Å²) in [5, 5.41) is 34.7. The SMILES string of the molecule is COc1nc(C#N)cc2c1C1(O)C(O)C(CN(C)C)C(c3ccccc3)C1(c1ccc(Cl)cc1)O2. The molecule has 180 valence electrons. The molecule has 2 N–H and O–H groups in total. The highest BCUT2D eigenvalue weighted by atomic mass is 35.5. The third-order valence-corrected chi connectivity index (χ3v) is 7.44. The Hall–Kier alpha value is -3.15. The highest BCUT2D eigenvalue weighted by molar-refractivity contribution is 6.30. The summed E-state index contributed by atoms with van der Waals surface area (Å²) in [5.74, 6) is -0.570. The van der Waals surface area contributed by atoms with Crippen molar-refractivity contribution in [2.75, 3.05) is 27.7 Å². The molecule has 5 unspecified atom stereocenters. The summed E-state index contributed by atoms with van der Waals surface area (Å²) in [4.78, 5) is 6.26. The molecule has 0 radical (unpaired) electrons. The van der Waals surface area contributed by atoms with E-state index >= 15 is 0 Å². The Bertz CT molecular complexity index is 1290. The van der Waals surface area contributed by atoms with Crippen LogP contribution in [-0.2, 0) is 11.2 Å². The van der Waals surface area contributed by atoms with Crippen LogP contribution in [0.1, 0.15) is 28.3 Å². The van der Waals surface area contributed by atoms with E-state index in [4.69, 9.17) is 21.1 Å². The van der Waals surface area contributed by atoms with Gasteiger partial charge in [-0.3, -0.25) is 0 Å². The lowest BCUT2D eigenvalue weighted by molar-refractivity contribution is -0.152. The fraction of sp³-hybridized carbons (Fsp3) is 0.333. The molecule has 0 spiro atoms. The van der Waals surface area contributed by atoms with E-state index in [2.05, 4.69) is 4.98 Å². The Morgan fingerprint density at radius 3 is 2.46 bits per heavy atom. The zero-order valence-electron chi connectivity index (χ0n) is 19.6. The number of aromatic nitrogens is 1. The van der Waals surface area contributed by atoms with Crippen molar-refractivity contribution < 1.29 is 19.7 Å². The Kier molecular flexibility index (Phi) is 5.73. The zero-order chi connectivity index (χ0) is 25.0. The van der Waals surface area contributed by atoms with Crippen LogP contribution in [0.25, 0.3) is 0 Å². The van der Waals surface area contributed by atoms with Crippen LogP contribution >= 0.6 is 11.6 Å². The number of nitriles is 1. The molecule has 3 aromatic rings. The number of aliphatic hydroxyl groups is 2. The fourth-order valence-corrected chi connectivity index (χ4v) is 6.09. The average molecular weight is 492 g/mol. The monoisotopic (exact) mass is 491 g/mol. The number of hydrogen-bond acceptors (Lipinski definition) is 7. The molecule has 1 fully saturated rings. The molecule has 5 atom stereocenters. The van der Waals surface area contributed by atoms with E-state index in [0.29, 0.717) is 17.1 Å². The van der Waals surface area contributed by atoms with Crippen LogP contribution < -0.4 is 9.47 Å². The first-order chi connectivity index (χ1) is 16.8. The number of aliphatic hydroxyl groups excluding tert-OH is 1. The molecule has 7 nitrogen and oxygen atoms in total. The third-order valence-electron chi connectivity index (χ3n) is 7.18. The van der Waals surface area contributed by atoms with Crippen molar-refractivity contribution in [1.29, 1.82) is 5.26 Å². The quantitative estimate of drug-likeness (QED) is 0.564. The topological polar surface area (TPSA) is 98.8 Å². The predicted octanol–water partition coefficient (Wildman–Crippen LogP) is 3.43. The Morgan fingerprint density at radius 2 is 1.86 bits per heavy atom. The number of rotatable bonds is 5. The lowest BCUT2D eigenvalue weighted by Crippen LogP contribution is -2.52. The molecule has 0 amide bonds. The standard InChI is InChI=1S/C27H26ClN3O4/c1-31(2)15-20-22(16-7-5-4-6-8-16)27(17-9-11-18(28)12-10-17)26(33,24(20)32)23-21(35-27)13-19(14-29)30-25(23)34-3/h4-13,20,22,24,32-33H,15H2,1-3H3. The second kappa shape index (κ2) is 8.51. The fourth-order valence-electron chi connectivity index (χ4n) is 5.96. The van der Waals surface area contributed by atoms with E-state index in [1.165, 1.54) is 13.2 Å². The van der Waals surface area contributed by atoms with E-state index in [0.717, 1.165) is 5.56 Å². The van der Waals surface area contributed by atoms with Crippen LogP contribution in [0, 0.1) is 17.2 Å². The number of methoxy groups -OCH3 is 1. The minimum atomic E-state index is -1.93. The van der Waals surface area contributed by atoms with Crippen LogP contribution in [0.5, 0.6) is 11.6 Å². The largest absolute Gasteiger partial charge is 0.481 e. The molecular weight excluding hydrogens is 466 g/mol. The molecule has 35 heavy (non-hydrogen) atoms. The Labute approximate surface area is 209 Å². The van der Waals surface area contributed by atoms with Gasteiger partial charge in [0.15, 0.2) is 11.2 Å². The molecule has 2 aromatic carbocycles. The molecule has 2 heterocycles. The summed E-state index contributed by atoms with van der Waals surface area (Å²) < 4.78 is 12.3. The zero-order valence-corrected chi connectivity index (χ0v) is 20.4. The summed E-state index contributed by atoms with van der Waals surface area (Å²) in [7, 11) is 5.28. The number of halogens is 1. The van der Waals surface area contributed by atoms with Crippen molar-refractivity contribution in [2.45, 2.75) is 23.2 Å². The van der Waals surface area contributed by atoms with Crippen molar-refractivity contribution in [3.05, 3.63) is 88.1 Å². The van der Waals surface area contributed by atoms with Crippen LogP contribution in [0.3, 0.4) is 0 Å². The maximum Gasteiger partial charge on any atom is 0.224 e. The van der Waals surface area contributed by atoms with Crippen molar-refractivity contribution >= 4 is 11.6 Å². The van der Waals surface area contributed by atoms with Gasteiger partial charge in [0.2, 0.25) is 5.88 Å². The maximum atomic E-state index is 12.7.